The highest BCUT2D eigenvalue weighted by molar-refractivity contribution is 5.84. The summed E-state index contributed by atoms with van der Waals surface area (Å²) in [6, 6.07) is 0. The van der Waals surface area contributed by atoms with Crippen molar-refractivity contribution in [1.29, 1.82) is 0 Å². The number of nitrogens with two attached hydrogens (primary N) is 1. The van der Waals surface area contributed by atoms with E-state index in [0.29, 0.717) is 0 Å². The van der Waals surface area contributed by atoms with E-state index in [-0.39, 0.29) is 12.4 Å². The van der Waals surface area contributed by atoms with Gasteiger partial charge in [0, 0.05) is 5.92 Å². The molecule has 7 N–H and O–H groups in total. The van der Waals surface area contributed by atoms with Crippen LogP contribution in [0, 0.1) is 5.92 Å². The molecule has 1 spiro atoms. The summed E-state index contributed by atoms with van der Waals surface area (Å²) in [5.41, 5.74) is 2.38. The van der Waals surface area contributed by atoms with Crippen LogP contribution in [0.2, 0.25) is 0 Å². The highest BCUT2D eigenvalue weighted by Crippen LogP contribution is 2.48. The van der Waals surface area contributed by atoms with Crippen molar-refractivity contribution >= 4 is 11.9 Å². The number of aliphatic hydroxyl groups excluding tert-OH is 3. The Morgan fingerprint density at radius 2 is 2.10 bits per heavy atom. The largest absolute Gasteiger partial charge is 0.454 e. The molecule has 1 saturated carbocycles. The van der Waals surface area contributed by atoms with Crippen molar-refractivity contribution in [3.63, 3.8) is 0 Å². The molecule has 0 amide bonds. The number of guanidine groups is 1. The molecule has 0 aromatic rings. The quantitative estimate of drug-likeness (QED) is 0.249. The molecule has 2 aliphatic heterocycles. The average Bonchev–Trinajstić information content (AvgIpc) is 2.33. The minimum absolute atomic E-state index is 0.0238. The van der Waals surface area contributed by atoms with Gasteiger partial charge in [-0.3, -0.25) is 0 Å². The van der Waals surface area contributed by atoms with Crippen molar-refractivity contribution in [1.82, 2.24) is 5.32 Å². The van der Waals surface area contributed by atoms with Gasteiger partial charge in [0.15, 0.2) is 24.4 Å². The Labute approximate surface area is 114 Å². The Hall–Kier alpha value is -1.42. The van der Waals surface area contributed by atoms with E-state index in [4.69, 9.17) is 10.5 Å². The highest BCUT2D eigenvalue weighted by Gasteiger charge is 2.70. The normalized spacial score (nSPS) is 54.4. The molecule has 9 nitrogen and oxygen atoms in total. The minimum Gasteiger partial charge on any atom is -0.454 e. The standard InChI is InChI=1S/C11H17N3O6/c1-10(19)2-3-7(17)13-9(12)14-11(3)4(15)6(10)20-8(18)5(11)16/h3-7,15-17,19H,2H2,1H3,(H3,12,13,14)/t3-,4-,5-,6+,7+,10+,11-/m1/s1. The van der Waals surface area contributed by atoms with Gasteiger partial charge in [-0.25, -0.2) is 9.79 Å². The molecule has 112 valence electrons. The Morgan fingerprint density at radius 1 is 1.45 bits per heavy atom. The Morgan fingerprint density at radius 3 is 2.75 bits per heavy atom. The zero-order valence-corrected chi connectivity index (χ0v) is 10.7. The number of nitrogens with zero attached hydrogens (tertiary/aromatic N) is 1. The van der Waals surface area contributed by atoms with E-state index in [1.54, 1.807) is 0 Å². The van der Waals surface area contributed by atoms with Gasteiger partial charge in [0.05, 0.1) is 0 Å². The molecule has 0 radical (unpaired) electrons. The highest BCUT2D eigenvalue weighted by atomic mass is 16.6. The van der Waals surface area contributed by atoms with Gasteiger partial charge in [-0.2, -0.15) is 0 Å². The minimum atomic E-state index is -1.72. The lowest BCUT2D eigenvalue weighted by atomic mass is 9.59. The van der Waals surface area contributed by atoms with Crippen molar-refractivity contribution in [3.05, 3.63) is 0 Å². The van der Waals surface area contributed by atoms with Crippen LogP contribution in [0.5, 0.6) is 0 Å². The molecule has 3 aliphatic rings. The molecule has 7 atom stereocenters. The molecule has 2 bridgehead atoms. The summed E-state index contributed by atoms with van der Waals surface area (Å²) in [7, 11) is 0. The number of ether oxygens (including phenoxy) is 1. The fourth-order valence-corrected chi connectivity index (χ4v) is 3.55. The van der Waals surface area contributed by atoms with Gasteiger partial charge < -0.3 is 36.2 Å². The summed E-state index contributed by atoms with van der Waals surface area (Å²) in [4.78, 5) is 15.5. The van der Waals surface area contributed by atoms with E-state index in [0.717, 1.165) is 0 Å². The topological polar surface area (TPSA) is 158 Å². The molecule has 0 aromatic heterocycles. The molecule has 3 rings (SSSR count). The van der Waals surface area contributed by atoms with Crippen LogP contribution in [0.1, 0.15) is 13.3 Å². The molecule has 0 aromatic carbocycles. The number of hydrogen-bond acceptors (Lipinski definition) is 9. The van der Waals surface area contributed by atoms with Crippen LogP contribution in [0.25, 0.3) is 0 Å². The molecular weight excluding hydrogens is 270 g/mol. The van der Waals surface area contributed by atoms with Crippen molar-refractivity contribution in [2.24, 2.45) is 16.6 Å². The maximum Gasteiger partial charge on any atom is 0.338 e. The number of fused-ring (bicyclic) bond motifs is 1. The number of carbonyl (C=O) groups is 1. The van der Waals surface area contributed by atoms with Crippen molar-refractivity contribution in [2.75, 3.05) is 0 Å². The first-order valence-electron chi connectivity index (χ1n) is 6.28. The van der Waals surface area contributed by atoms with E-state index in [1.165, 1.54) is 6.92 Å². The lowest BCUT2D eigenvalue weighted by Gasteiger charge is -2.60. The number of carbonyl (C=O) groups excluding carboxylic acids is 1. The monoisotopic (exact) mass is 287 g/mol. The third-order valence-electron chi connectivity index (χ3n) is 4.53. The van der Waals surface area contributed by atoms with Gasteiger partial charge in [0.25, 0.3) is 0 Å². The van der Waals surface area contributed by atoms with Crippen LogP contribution in [0.3, 0.4) is 0 Å². The van der Waals surface area contributed by atoms with Gasteiger partial charge in [0.1, 0.15) is 17.2 Å². The van der Waals surface area contributed by atoms with E-state index < -0.39 is 47.6 Å². The van der Waals surface area contributed by atoms with Crippen LogP contribution in [-0.2, 0) is 9.53 Å². The van der Waals surface area contributed by atoms with Gasteiger partial charge in [-0.05, 0) is 13.3 Å². The smallest absolute Gasteiger partial charge is 0.338 e. The second-order valence-electron chi connectivity index (χ2n) is 5.86. The first-order valence-corrected chi connectivity index (χ1v) is 6.28. The maximum absolute atomic E-state index is 11.8. The van der Waals surface area contributed by atoms with E-state index in [9.17, 15) is 25.2 Å². The predicted molar refractivity (Wildman–Crippen MR) is 64.1 cm³/mol. The molecule has 9 heteroatoms. The molecule has 0 unspecified atom stereocenters. The Bertz CT molecular complexity index is 495. The summed E-state index contributed by atoms with van der Waals surface area (Å²) in [6.07, 6.45) is -5.75. The summed E-state index contributed by atoms with van der Waals surface area (Å²) < 4.78 is 4.92. The second-order valence-corrected chi connectivity index (χ2v) is 5.86. The van der Waals surface area contributed by atoms with Crippen LogP contribution in [-0.4, -0.2) is 68.0 Å². The predicted octanol–water partition coefficient (Wildman–Crippen LogP) is -3.62. The SMILES string of the molecule is C[C@]1(O)C[C@@H]2[C@H](O)N=C(N)N[C@]23[C@H](O)C(=O)O[C@H]1[C@H]3O. The van der Waals surface area contributed by atoms with Crippen molar-refractivity contribution in [3.8, 4) is 0 Å². The summed E-state index contributed by atoms with van der Waals surface area (Å²) in [5, 5.41) is 43.6. The van der Waals surface area contributed by atoms with Crippen LogP contribution in [0.4, 0.5) is 0 Å². The maximum atomic E-state index is 11.8. The molecule has 20 heavy (non-hydrogen) atoms. The Balaban J connectivity index is 2.16. The number of nitrogens with one attached hydrogen (secondary N) is 1. The van der Waals surface area contributed by atoms with Gasteiger partial charge in [-0.1, -0.05) is 0 Å². The summed E-state index contributed by atoms with van der Waals surface area (Å²) in [6.45, 7) is 1.39. The molecule has 2 fully saturated rings. The fraction of sp³-hybridized carbons (Fsp3) is 0.818. The molecule has 1 saturated heterocycles. The lowest BCUT2D eigenvalue weighted by molar-refractivity contribution is -0.267. The van der Waals surface area contributed by atoms with Gasteiger partial charge in [-0.15, -0.1) is 0 Å². The number of hydrogen-bond donors (Lipinski definition) is 6. The fourth-order valence-electron chi connectivity index (χ4n) is 3.55. The van der Waals surface area contributed by atoms with E-state index >= 15 is 0 Å². The van der Waals surface area contributed by atoms with Crippen LogP contribution in [0.15, 0.2) is 4.99 Å². The molecule has 2 heterocycles. The number of esters is 1. The number of aliphatic hydroxyl groups is 4. The van der Waals surface area contributed by atoms with Gasteiger partial charge in [0.2, 0.25) is 0 Å². The van der Waals surface area contributed by atoms with Crippen molar-refractivity contribution < 1.29 is 30.0 Å². The third kappa shape index (κ3) is 1.46. The molecule has 1 aliphatic carbocycles. The zero-order chi connectivity index (χ0) is 14.9. The second kappa shape index (κ2) is 3.82. The number of aliphatic imine (C=N–C) groups is 1. The summed E-state index contributed by atoms with van der Waals surface area (Å²) >= 11 is 0. The van der Waals surface area contributed by atoms with E-state index in [1.807, 2.05) is 0 Å². The summed E-state index contributed by atoms with van der Waals surface area (Å²) in [5.74, 6) is -2.07. The lowest BCUT2D eigenvalue weighted by Crippen LogP contribution is -2.84. The van der Waals surface area contributed by atoms with Crippen LogP contribution < -0.4 is 11.1 Å². The first-order chi connectivity index (χ1) is 9.20. The zero-order valence-electron chi connectivity index (χ0n) is 10.7. The number of rotatable bonds is 0. The van der Waals surface area contributed by atoms with Crippen molar-refractivity contribution in [2.45, 2.75) is 49.0 Å². The molecular formula is C11H17N3O6. The van der Waals surface area contributed by atoms with E-state index in [2.05, 4.69) is 10.3 Å². The third-order valence-corrected chi connectivity index (χ3v) is 4.53. The van der Waals surface area contributed by atoms with Crippen LogP contribution >= 0.6 is 0 Å². The average molecular weight is 287 g/mol. The first kappa shape index (κ1) is 13.6. The Kier molecular flexibility index (Phi) is 2.59. The van der Waals surface area contributed by atoms with Gasteiger partial charge >= 0.3 is 5.97 Å².